The predicted molar refractivity (Wildman–Crippen MR) is 96.6 cm³/mol. The van der Waals surface area contributed by atoms with Crippen LogP contribution in [0, 0.1) is 0 Å². The molecule has 2 rings (SSSR count). The molecule has 1 aromatic rings. The smallest absolute Gasteiger partial charge is 0.243 e. The first-order valence-corrected chi connectivity index (χ1v) is 10.1. The zero-order valence-electron chi connectivity index (χ0n) is 15.2. The van der Waals surface area contributed by atoms with Crippen LogP contribution in [-0.4, -0.2) is 61.6 Å². The van der Waals surface area contributed by atoms with Gasteiger partial charge in [-0.15, -0.1) is 0 Å². The van der Waals surface area contributed by atoms with Gasteiger partial charge in [0.25, 0.3) is 0 Å². The van der Waals surface area contributed by atoms with Gasteiger partial charge in [-0.25, -0.2) is 8.42 Å². The third-order valence-electron chi connectivity index (χ3n) is 4.63. The molecule has 0 aliphatic carbocycles. The Kier molecular flexibility index (Phi) is 6.07. The molecule has 1 N–H and O–H groups in total. The number of rotatable bonds is 5. The largest absolute Gasteiger partial charge is 0.392 e. The minimum absolute atomic E-state index is 0.00797. The van der Waals surface area contributed by atoms with Gasteiger partial charge in [-0.2, -0.15) is 4.31 Å². The van der Waals surface area contributed by atoms with Crippen LogP contribution in [-0.2, 0) is 15.4 Å². The summed E-state index contributed by atoms with van der Waals surface area (Å²) in [6, 6.07) is 7.23. The highest BCUT2D eigenvalue weighted by Crippen LogP contribution is 2.25. The second-order valence-corrected chi connectivity index (χ2v) is 9.48. The van der Waals surface area contributed by atoms with Gasteiger partial charge in [0.15, 0.2) is 0 Å². The van der Waals surface area contributed by atoms with Crippen LogP contribution in [0.15, 0.2) is 29.2 Å². The maximum atomic E-state index is 12.8. The van der Waals surface area contributed by atoms with Gasteiger partial charge in [0, 0.05) is 32.7 Å². The summed E-state index contributed by atoms with van der Waals surface area (Å²) in [5.74, 6) is 0. The van der Waals surface area contributed by atoms with E-state index in [-0.39, 0.29) is 11.5 Å². The number of piperazine rings is 1. The van der Waals surface area contributed by atoms with Crippen LogP contribution >= 0.6 is 0 Å². The minimum Gasteiger partial charge on any atom is -0.392 e. The Morgan fingerprint density at radius 3 is 2.08 bits per heavy atom. The first-order chi connectivity index (χ1) is 11.1. The highest BCUT2D eigenvalue weighted by molar-refractivity contribution is 7.89. The van der Waals surface area contributed by atoms with E-state index in [0.29, 0.717) is 37.6 Å². The van der Waals surface area contributed by atoms with Crippen molar-refractivity contribution in [2.24, 2.45) is 0 Å². The third-order valence-corrected chi connectivity index (χ3v) is 6.54. The Hall–Kier alpha value is -0.950. The summed E-state index contributed by atoms with van der Waals surface area (Å²) in [6.45, 7) is 11.2. The van der Waals surface area contributed by atoms with Crippen molar-refractivity contribution < 1.29 is 13.5 Å². The topological polar surface area (TPSA) is 60.9 Å². The van der Waals surface area contributed by atoms with Gasteiger partial charge in [-0.3, -0.25) is 4.90 Å². The van der Waals surface area contributed by atoms with Crippen molar-refractivity contribution in [1.29, 1.82) is 0 Å². The maximum absolute atomic E-state index is 12.8. The average molecular weight is 355 g/mol. The molecule has 0 saturated carbocycles. The molecule has 136 valence electrons. The Morgan fingerprint density at radius 2 is 1.62 bits per heavy atom. The SMILES string of the molecule is CC[C@H](O)CN1CCN(S(=O)(=O)c2ccc(C(C)(C)C)cc2)CC1. The van der Waals surface area contributed by atoms with E-state index in [4.69, 9.17) is 0 Å². The quantitative estimate of drug-likeness (QED) is 0.879. The van der Waals surface area contributed by atoms with E-state index >= 15 is 0 Å². The first kappa shape index (κ1) is 19.4. The van der Waals surface area contributed by atoms with Gasteiger partial charge in [0.1, 0.15) is 0 Å². The summed E-state index contributed by atoms with van der Waals surface area (Å²) in [7, 11) is -3.44. The summed E-state index contributed by atoms with van der Waals surface area (Å²) in [6.07, 6.45) is 0.386. The van der Waals surface area contributed by atoms with Gasteiger partial charge in [0.05, 0.1) is 11.0 Å². The van der Waals surface area contributed by atoms with Crippen molar-refractivity contribution in [3.05, 3.63) is 29.8 Å². The fourth-order valence-electron chi connectivity index (χ4n) is 2.86. The normalized spacial score (nSPS) is 19.4. The molecule has 1 aliphatic heterocycles. The second-order valence-electron chi connectivity index (χ2n) is 7.54. The van der Waals surface area contributed by atoms with E-state index in [9.17, 15) is 13.5 Å². The van der Waals surface area contributed by atoms with E-state index in [2.05, 4.69) is 25.7 Å². The molecule has 5 nitrogen and oxygen atoms in total. The van der Waals surface area contributed by atoms with Crippen LogP contribution in [0.2, 0.25) is 0 Å². The number of β-amino-alcohol motifs (C(OH)–C–C–N with tert-alkyl or cyclic N) is 1. The molecular formula is C18H30N2O3S. The van der Waals surface area contributed by atoms with Crippen LogP contribution in [0.25, 0.3) is 0 Å². The van der Waals surface area contributed by atoms with Gasteiger partial charge in [0.2, 0.25) is 10.0 Å². The average Bonchev–Trinajstić information content (AvgIpc) is 2.54. The van der Waals surface area contributed by atoms with Crippen LogP contribution in [0.5, 0.6) is 0 Å². The fourth-order valence-corrected chi connectivity index (χ4v) is 4.28. The van der Waals surface area contributed by atoms with Crippen molar-refractivity contribution in [2.75, 3.05) is 32.7 Å². The minimum atomic E-state index is -3.44. The number of sulfonamides is 1. The van der Waals surface area contributed by atoms with Gasteiger partial charge >= 0.3 is 0 Å². The van der Waals surface area contributed by atoms with Crippen molar-refractivity contribution in [3.63, 3.8) is 0 Å². The molecule has 0 aromatic heterocycles. The Labute approximate surface area is 146 Å². The molecule has 1 saturated heterocycles. The second kappa shape index (κ2) is 7.52. The summed E-state index contributed by atoms with van der Waals surface area (Å²) in [5.41, 5.74) is 1.13. The number of hydrogen-bond acceptors (Lipinski definition) is 4. The highest BCUT2D eigenvalue weighted by Gasteiger charge is 2.29. The molecule has 0 unspecified atom stereocenters. The number of hydrogen-bond donors (Lipinski definition) is 1. The molecule has 0 radical (unpaired) electrons. The lowest BCUT2D eigenvalue weighted by Crippen LogP contribution is -2.50. The Balaban J connectivity index is 2.04. The van der Waals surface area contributed by atoms with Gasteiger partial charge < -0.3 is 5.11 Å². The van der Waals surface area contributed by atoms with Crippen molar-refractivity contribution in [1.82, 2.24) is 9.21 Å². The zero-order chi connectivity index (χ0) is 18.0. The van der Waals surface area contributed by atoms with Crippen molar-refractivity contribution >= 4 is 10.0 Å². The molecule has 0 spiro atoms. The zero-order valence-corrected chi connectivity index (χ0v) is 16.0. The molecular weight excluding hydrogens is 324 g/mol. The standard InChI is InChI=1S/C18H30N2O3S/c1-5-16(21)14-19-10-12-20(13-11-19)24(22,23)17-8-6-15(7-9-17)18(2,3)4/h6-9,16,21H,5,10-14H2,1-4H3/t16-/m0/s1. The highest BCUT2D eigenvalue weighted by atomic mass is 32.2. The number of aliphatic hydroxyl groups excluding tert-OH is 1. The molecule has 0 bridgehead atoms. The first-order valence-electron chi connectivity index (χ1n) is 8.65. The van der Waals surface area contributed by atoms with Gasteiger partial charge in [-0.05, 0) is 29.5 Å². The predicted octanol–water partition coefficient (Wildman–Crippen LogP) is 2.06. The van der Waals surface area contributed by atoms with Crippen LogP contribution in [0.3, 0.4) is 0 Å². The van der Waals surface area contributed by atoms with Crippen LogP contribution in [0.4, 0.5) is 0 Å². The molecule has 1 heterocycles. The molecule has 6 heteroatoms. The number of aliphatic hydroxyl groups is 1. The lowest BCUT2D eigenvalue weighted by molar-refractivity contribution is 0.0896. The molecule has 1 atom stereocenters. The van der Waals surface area contributed by atoms with E-state index in [1.165, 1.54) is 0 Å². The molecule has 1 aromatic carbocycles. The Morgan fingerprint density at radius 1 is 1.08 bits per heavy atom. The molecule has 1 aliphatic rings. The monoisotopic (exact) mass is 354 g/mol. The summed E-state index contributed by atoms with van der Waals surface area (Å²) >= 11 is 0. The van der Waals surface area contributed by atoms with Crippen molar-refractivity contribution in [3.8, 4) is 0 Å². The molecule has 1 fully saturated rings. The Bertz CT molecular complexity index is 627. The van der Waals surface area contributed by atoms with Gasteiger partial charge in [-0.1, -0.05) is 39.8 Å². The summed E-state index contributed by atoms with van der Waals surface area (Å²) in [4.78, 5) is 2.49. The molecule has 24 heavy (non-hydrogen) atoms. The van der Waals surface area contributed by atoms with Crippen LogP contribution in [0.1, 0.15) is 39.7 Å². The van der Waals surface area contributed by atoms with E-state index in [1.54, 1.807) is 16.4 Å². The third kappa shape index (κ3) is 4.57. The lowest BCUT2D eigenvalue weighted by Gasteiger charge is -2.34. The van der Waals surface area contributed by atoms with E-state index in [1.807, 2.05) is 19.1 Å². The summed E-state index contributed by atoms with van der Waals surface area (Å²) < 4.78 is 27.1. The van der Waals surface area contributed by atoms with Crippen LogP contribution < -0.4 is 0 Å². The van der Waals surface area contributed by atoms with E-state index in [0.717, 1.165) is 12.0 Å². The van der Waals surface area contributed by atoms with Crippen molar-refractivity contribution in [2.45, 2.75) is 50.5 Å². The van der Waals surface area contributed by atoms with E-state index < -0.39 is 10.0 Å². The maximum Gasteiger partial charge on any atom is 0.243 e. The summed E-state index contributed by atoms with van der Waals surface area (Å²) in [5, 5.41) is 9.73. The number of nitrogens with zero attached hydrogens (tertiary/aromatic N) is 2. The number of benzene rings is 1. The fraction of sp³-hybridized carbons (Fsp3) is 0.667. The lowest BCUT2D eigenvalue weighted by atomic mass is 9.87. The molecule has 0 amide bonds.